The van der Waals surface area contributed by atoms with Crippen molar-refractivity contribution in [2.75, 3.05) is 0 Å². The van der Waals surface area contributed by atoms with E-state index in [1.807, 2.05) is 13.0 Å². The summed E-state index contributed by atoms with van der Waals surface area (Å²) < 4.78 is 1.33. The molecule has 1 nitrogen and oxygen atoms in total. The van der Waals surface area contributed by atoms with Gasteiger partial charge < -0.3 is 5.73 Å². The molecule has 2 aromatic rings. The molecule has 0 aliphatic carbocycles. The summed E-state index contributed by atoms with van der Waals surface area (Å²) in [5.41, 5.74) is 6.94. The lowest BCUT2D eigenvalue weighted by molar-refractivity contribution is 0.931. The van der Waals surface area contributed by atoms with Gasteiger partial charge in [-0.3, -0.25) is 0 Å². The van der Waals surface area contributed by atoms with E-state index in [9.17, 15) is 0 Å². The predicted octanol–water partition coefficient (Wildman–Crippen LogP) is 3.26. The molecule has 0 saturated carbocycles. The Kier molecular flexibility index (Phi) is 2.66. The highest BCUT2D eigenvalue weighted by atomic mass is 32.1. The first kappa shape index (κ1) is 9.44. The van der Waals surface area contributed by atoms with Crippen LogP contribution in [-0.4, -0.2) is 6.04 Å². The van der Waals surface area contributed by atoms with Gasteiger partial charge >= 0.3 is 0 Å². The number of rotatable bonds is 2. The van der Waals surface area contributed by atoms with Gasteiger partial charge in [0.15, 0.2) is 0 Å². The lowest BCUT2D eigenvalue weighted by Gasteiger charge is -1.94. The zero-order valence-electron chi connectivity index (χ0n) is 8.10. The summed E-state index contributed by atoms with van der Waals surface area (Å²) in [4.78, 5) is 0. The normalized spacial score (nSPS) is 13.9. The molecule has 1 aromatic carbocycles. The van der Waals surface area contributed by atoms with Gasteiger partial charge in [-0.1, -0.05) is 30.4 Å². The summed E-state index contributed by atoms with van der Waals surface area (Å²) >= 11 is 1.77. The number of thiophene rings is 1. The van der Waals surface area contributed by atoms with Crippen LogP contribution in [0.3, 0.4) is 0 Å². The summed E-state index contributed by atoms with van der Waals surface area (Å²) in [6.45, 7) is 1.98. The molecular weight excluding hydrogens is 190 g/mol. The molecule has 1 atom stereocenters. The second kappa shape index (κ2) is 3.95. The molecular formula is C12H13NS. The molecule has 14 heavy (non-hydrogen) atoms. The SMILES string of the molecule is CC(N)/C=C/c1csc2ccccc12. The zero-order chi connectivity index (χ0) is 9.97. The standard InChI is InChI=1S/C12H13NS/c1-9(13)6-7-10-8-14-12-5-3-2-4-11(10)12/h2-9H,13H2,1H3/b7-6+. The third kappa shape index (κ3) is 1.86. The number of fused-ring (bicyclic) bond motifs is 1. The average molecular weight is 203 g/mol. The molecule has 0 bridgehead atoms. The van der Waals surface area contributed by atoms with Crippen LogP contribution in [0.4, 0.5) is 0 Å². The highest BCUT2D eigenvalue weighted by Crippen LogP contribution is 2.26. The summed E-state index contributed by atoms with van der Waals surface area (Å²) in [5, 5.41) is 3.48. The number of hydrogen-bond acceptors (Lipinski definition) is 2. The van der Waals surface area contributed by atoms with Crippen molar-refractivity contribution in [3.8, 4) is 0 Å². The first-order valence-electron chi connectivity index (χ1n) is 4.67. The Labute approximate surface area is 87.9 Å². The van der Waals surface area contributed by atoms with E-state index in [-0.39, 0.29) is 6.04 Å². The van der Waals surface area contributed by atoms with E-state index in [0.29, 0.717) is 0 Å². The molecule has 0 amide bonds. The number of hydrogen-bond donors (Lipinski definition) is 1. The Bertz CT molecular complexity index is 454. The highest BCUT2D eigenvalue weighted by Gasteiger charge is 1.99. The zero-order valence-corrected chi connectivity index (χ0v) is 8.92. The Morgan fingerprint density at radius 1 is 1.36 bits per heavy atom. The van der Waals surface area contributed by atoms with Gasteiger partial charge in [0.2, 0.25) is 0 Å². The topological polar surface area (TPSA) is 26.0 Å². The van der Waals surface area contributed by atoms with Gasteiger partial charge in [0, 0.05) is 10.7 Å². The molecule has 1 aromatic heterocycles. The van der Waals surface area contributed by atoms with E-state index >= 15 is 0 Å². The minimum atomic E-state index is 0.119. The molecule has 1 unspecified atom stereocenters. The van der Waals surface area contributed by atoms with Gasteiger partial charge in [0.25, 0.3) is 0 Å². The van der Waals surface area contributed by atoms with Crippen molar-refractivity contribution in [3.05, 3.63) is 41.3 Å². The Balaban J connectivity index is 2.43. The quantitative estimate of drug-likeness (QED) is 0.796. The van der Waals surface area contributed by atoms with Crippen LogP contribution >= 0.6 is 11.3 Å². The van der Waals surface area contributed by atoms with Crippen LogP contribution in [0.1, 0.15) is 12.5 Å². The number of nitrogens with two attached hydrogens (primary N) is 1. The van der Waals surface area contributed by atoms with Gasteiger partial charge in [-0.15, -0.1) is 11.3 Å². The molecule has 72 valence electrons. The molecule has 0 aliphatic heterocycles. The molecule has 2 heteroatoms. The van der Waals surface area contributed by atoms with Crippen molar-refractivity contribution in [1.82, 2.24) is 0 Å². The maximum Gasteiger partial charge on any atom is 0.0348 e. The van der Waals surface area contributed by atoms with Gasteiger partial charge in [-0.2, -0.15) is 0 Å². The van der Waals surface area contributed by atoms with E-state index < -0.39 is 0 Å². The van der Waals surface area contributed by atoms with Crippen LogP contribution < -0.4 is 5.73 Å². The third-order valence-corrected chi connectivity index (χ3v) is 3.07. The maximum atomic E-state index is 5.67. The predicted molar refractivity (Wildman–Crippen MR) is 64.5 cm³/mol. The van der Waals surface area contributed by atoms with E-state index in [0.717, 1.165) is 0 Å². The van der Waals surface area contributed by atoms with E-state index in [2.05, 4.69) is 35.7 Å². The van der Waals surface area contributed by atoms with Crippen molar-refractivity contribution in [1.29, 1.82) is 0 Å². The second-order valence-electron chi connectivity index (χ2n) is 3.41. The van der Waals surface area contributed by atoms with Gasteiger partial charge in [0.05, 0.1) is 0 Å². The van der Waals surface area contributed by atoms with Gasteiger partial charge in [-0.25, -0.2) is 0 Å². The minimum absolute atomic E-state index is 0.119. The Morgan fingerprint density at radius 3 is 2.93 bits per heavy atom. The van der Waals surface area contributed by atoms with Crippen molar-refractivity contribution in [2.45, 2.75) is 13.0 Å². The fourth-order valence-electron chi connectivity index (χ4n) is 1.38. The molecule has 0 saturated heterocycles. The first-order valence-corrected chi connectivity index (χ1v) is 5.55. The van der Waals surface area contributed by atoms with Crippen LogP contribution in [0.15, 0.2) is 35.7 Å². The van der Waals surface area contributed by atoms with Gasteiger partial charge in [-0.05, 0) is 29.3 Å². The summed E-state index contributed by atoms with van der Waals surface area (Å²) in [6.07, 6.45) is 4.12. The second-order valence-corrected chi connectivity index (χ2v) is 4.32. The van der Waals surface area contributed by atoms with Gasteiger partial charge in [0.1, 0.15) is 0 Å². The molecule has 2 rings (SSSR count). The molecule has 0 spiro atoms. The summed E-state index contributed by atoms with van der Waals surface area (Å²) in [7, 11) is 0. The summed E-state index contributed by atoms with van der Waals surface area (Å²) in [6, 6.07) is 8.54. The highest BCUT2D eigenvalue weighted by molar-refractivity contribution is 7.17. The van der Waals surface area contributed by atoms with Crippen LogP contribution in [0.25, 0.3) is 16.2 Å². The average Bonchev–Trinajstić information content (AvgIpc) is 2.58. The van der Waals surface area contributed by atoms with Crippen molar-refractivity contribution in [2.24, 2.45) is 5.73 Å². The van der Waals surface area contributed by atoms with Crippen molar-refractivity contribution in [3.63, 3.8) is 0 Å². The maximum absolute atomic E-state index is 5.67. The fraction of sp³-hybridized carbons (Fsp3) is 0.167. The van der Waals surface area contributed by atoms with Crippen LogP contribution in [0.2, 0.25) is 0 Å². The molecule has 0 radical (unpaired) electrons. The fourth-order valence-corrected chi connectivity index (χ4v) is 2.31. The van der Waals surface area contributed by atoms with Crippen molar-refractivity contribution < 1.29 is 0 Å². The van der Waals surface area contributed by atoms with Crippen LogP contribution in [-0.2, 0) is 0 Å². The van der Waals surface area contributed by atoms with E-state index in [1.54, 1.807) is 11.3 Å². The minimum Gasteiger partial charge on any atom is -0.325 e. The Hall–Kier alpha value is -1.12. The molecule has 0 fully saturated rings. The van der Waals surface area contributed by atoms with E-state index in [1.165, 1.54) is 15.6 Å². The molecule has 0 aliphatic rings. The lowest BCUT2D eigenvalue weighted by Crippen LogP contribution is -2.09. The monoisotopic (exact) mass is 203 g/mol. The number of benzene rings is 1. The summed E-state index contributed by atoms with van der Waals surface area (Å²) in [5.74, 6) is 0. The third-order valence-electron chi connectivity index (χ3n) is 2.09. The molecule has 2 N–H and O–H groups in total. The lowest BCUT2D eigenvalue weighted by atomic mass is 10.1. The van der Waals surface area contributed by atoms with E-state index in [4.69, 9.17) is 5.73 Å². The van der Waals surface area contributed by atoms with Crippen LogP contribution in [0, 0.1) is 0 Å². The largest absolute Gasteiger partial charge is 0.325 e. The van der Waals surface area contributed by atoms with Crippen LogP contribution in [0.5, 0.6) is 0 Å². The first-order chi connectivity index (χ1) is 6.77. The Morgan fingerprint density at radius 2 is 2.14 bits per heavy atom. The van der Waals surface area contributed by atoms with Crippen molar-refractivity contribution >= 4 is 27.5 Å². The smallest absolute Gasteiger partial charge is 0.0348 e. The molecule has 1 heterocycles.